The van der Waals surface area contributed by atoms with Crippen LogP contribution in [0.15, 0.2) is 23.2 Å². The van der Waals surface area contributed by atoms with E-state index in [0.29, 0.717) is 0 Å². The van der Waals surface area contributed by atoms with Gasteiger partial charge in [-0.3, -0.25) is 9.98 Å². The van der Waals surface area contributed by atoms with Crippen molar-refractivity contribution in [3.63, 3.8) is 0 Å². The predicted molar refractivity (Wildman–Crippen MR) is 103 cm³/mol. The molecule has 0 aliphatic carbocycles. The highest BCUT2D eigenvalue weighted by Crippen LogP contribution is 2.21. The SMILES string of the molecule is CCC1CN(C(=NC)NCc2cccc(C)n2)CCS1.I. The maximum Gasteiger partial charge on any atom is 0.194 e. The third kappa shape index (κ3) is 5.65. The van der Waals surface area contributed by atoms with Gasteiger partial charge in [-0.05, 0) is 25.5 Å². The van der Waals surface area contributed by atoms with Gasteiger partial charge in [0, 0.05) is 36.8 Å². The number of pyridine rings is 1. The monoisotopic (exact) mass is 420 g/mol. The molecule has 0 bridgehead atoms. The fourth-order valence-corrected chi connectivity index (χ4v) is 3.54. The summed E-state index contributed by atoms with van der Waals surface area (Å²) in [5, 5.41) is 4.15. The third-order valence-electron chi connectivity index (χ3n) is 3.48. The molecule has 1 aromatic rings. The first-order valence-electron chi connectivity index (χ1n) is 7.22. The lowest BCUT2D eigenvalue weighted by Gasteiger charge is -2.34. The molecule has 4 nitrogen and oxygen atoms in total. The minimum atomic E-state index is 0. The zero-order valence-electron chi connectivity index (χ0n) is 13.0. The largest absolute Gasteiger partial charge is 0.351 e. The minimum Gasteiger partial charge on any atom is -0.351 e. The fourth-order valence-electron chi connectivity index (χ4n) is 2.36. The summed E-state index contributed by atoms with van der Waals surface area (Å²) in [4.78, 5) is 11.3. The highest BCUT2D eigenvalue weighted by molar-refractivity contribution is 14.0. The molecule has 1 unspecified atom stereocenters. The van der Waals surface area contributed by atoms with Crippen molar-refractivity contribution in [2.45, 2.75) is 32.1 Å². The van der Waals surface area contributed by atoms with Gasteiger partial charge in [-0.1, -0.05) is 13.0 Å². The van der Waals surface area contributed by atoms with Crippen LogP contribution in [0.25, 0.3) is 0 Å². The summed E-state index contributed by atoms with van der Waals surface area (Å²) in [6.07, 6.45) is 1.22. The number of halogens is 1. The van der Waals surface area contributed by atoms with Gasteiger partial charge < -0.3 is 10.2 Å². The molecule has 0 spiro atoms. The Morgan fingerprint density at radius 1 is 1.52 bits per heavy atom. The van der Waals surface area contributed by atoms with Crippen LogP contribution < -0.4 is 5.32 Å². The molecule has 0 saturated carbocycles. The van der Waals surface area contributed by atoms with Crippen molar-refractivity contribution in [1.29, 1.82) is 0 Å². The van der Waals surface area contributed by atoms with E-state index in [1.807, 2.05) is 32.2 Å². The lowest BCUT2D eigenvalue weighted by atomic mass is 10.3. The first-order valence-corrected chi connectivity index (χ1v) is 8.27. The van der Waals surface area contributed by atoms with Gasteiger partial charge in [-0.2, -0.15) is 11.8 Å². The van der Waals surface area contributed by atoms with Crippen molar-refractivity contribution >= 4 is 41.7 Å². The Morgan fingerprint density at radius 3 is 3.00 bits per heavy atom. The second-order valence-corrected chi connectivity index (χ2v) is 6.43. The summed E-state index contributed by atoms with van der Waals surface area (Å²) in [6, 6.07) is 6.12. The number of hydrogen-bond acceptors (Lipinski definition) is 3. The van der Waals surface area contributed by atoms with Crippen LogP contribution >= 0.6 is 35.7 Å². The van der Waals surface area contributed by atoms with E-state index in [0.717, 1.165) is 42.2 Å². The fraction of sp³-hybridized carbons (Fsp3) is 0.600. The van der Waals surface area contributed by atoms with Crippen LogP contribution in [-0.2, 0) is 6.54 Å². The molecule has 21 heavy (non-hydrogen) atoms. The summed E-state index contributed by atoms with van der Waals surface area (Å²) in [5.74, 6) is 2.18. The zero-order chi connectivity index (χ0) is 14.4. The third-order valence-corrected chi connectivity index (χ3v) is 4.85. The van der Waals surface area contributed by atoms with Gasteiger partial charge in [0.15, 0.2) is 5.96 Å². The van der Waals surface area contributed by atoms with E-state index in [2.05, 4.69) is 38.9 Å². The van der Waals surface area contributed by atoms with Gasteiger partial charge >= 0.3 is 0 Å². The number of aromatic nitrogens is 1. The van der Waals surface area contributed by atoms with Gasteiger partial charge in [0.1, 0.15) is 0 Å². The Hall–Kier alpha value is -0.500. The lowest BCUT2D eigenvalue weighted by molar-refractivity contribution is 0.408. The highest BCUT2D eigenvalue weighted by Gasteiger charge is 2.21. The van der Waals surface area contributed by atoms with E-state index in [1.54, 1.807) is 0 Å². The molecule has 2 heterocycles. The highest BCUT2D eigenvalue weighted by atomic mass is 127. The van der Waals surface area contributed by atoms with Gasteiger partial charge in [-0.25, -0.2) is 0 Å². The van der Waals surface area contributed by atoms with Crippen LogP contribution in [-0.4, -0.2) is 47.0 Å². The first-order chi connectivity index (χ1) is 9.72. The Balaban J connectivity index is 0.00000220. The number of nitrogens with one attached hydrogen (secondary N) is 1. The molecule has 0 amide bonds. The standard InChI is InChI=1S/C15H24N4S.HI/c1-4-14-11-19(8-9-20-14)15(16-3)17-10-13-7-5-6-12(2)18-13;/h5-7,14H,4,8-11H2,1-3H3,(H,16,17);1H. The molecular weight excluding hydrogens is 395 g/mol. The van der Waals surface area contributed by atoms with E-state index in [-0.39, 0.29) is 24.0 Å². The van der Waals surface area contributed by atoms with Crippen LogP contribution in [0, 0.1) is 6.92 Å². The Labute approximate surface area is 149 Å². The average Bonchev–Trinajstić information content (AvgIpc) is 2.48. The van der Waals surface area contributed by atoms with Crippen LogP contribution in [0.4, 0.5) is 0 Å². The number of thioether (sulfide) groups is 1. The molecule has 0 radical (unpaired) electrons. The van der Waals surface area contributed by atoms with Crippen LogP contribution in [0.1, 0.15) is 24.7 Å². The van der Waals surface area contributed by atoms with Crippen molar-refractivity contribution < 1.29 is 0 Å². The number of aryl methyl sites for hydroxylation is 1. The van der Waals surface area contributed by atoms with E-state index < -0.39 is 0 Å². The number of hydrogen-bond donors (Lipinski definition) is 1. The summed E-state index contributed by atoms with van der Waals surface area (Å²) >= 11 is 2.07. The van der Waals surface area contributed by atoms with Crippen LogP contribution in [0.5, 0.6) is 0 Å². The van der Waals surface area contributed by atoms with Crippen molar-refractivity contribution in [2.75, 3.05) is 25.9 Å². The maximum absolute atomic E-state index is 4.52. The van der Waals surface area contributed by atoms with E-state index >= 15 is 0 Å². The second-order valence-electron chi connectivity index (χ2n) is 5.02. The van der Waals surface area contributed by atoms with Crippen molar-refractivity contribution in [2.24, 2.45) is 4.99 Å². The molecule has 118 valence electrons. The number of guanidine groups is 1. The molecule has 1 aliphatic heterocycles. The lowest BCUT2D eigenvalue weighted by Crippen LogP contribution is -2.47. The van der Waals surface area contributed by atoms with E-state index in [4.69, 9.17) is 0 Å². The van der Waals surface area contributed by atoms with Crippen molar-refractivity contribution in [3.8, 4) is 0 Å². The number of nitrogens with zero attached hydrogens (tertiary/aromatic N) is 3. The van der Waals surface area contributed by atoms with E-state index in [9.17, 15) is 0 Å². The molecule has 2 rings (SSSR count). The smallest absolute Gasteiger partial charge is 0.194 e. The normalized spacial score (nSPS) is 19.1. The molecule has 0 aromatic carbocycles. The molecule has 6 heteroatoms. The van der Waals surface area contributed by atoms with Crippen LogP contribution in [0.3, 0.4) is 0 Å². The molecule has 1 N–H and O–H groups in total. The van der Waals surface area contributed by atoms with Gasteiger partial charge in [0.05, 0.1) is 12.2 Å². The molecule has 1 saturated heterocycles. The van der Waals surface area contributed by atoms with Crippen LogP contribution in [0.2, 0.25) is 0 Å². The number of rotatable bonds is 3. The molecule has 1 aromatic heterocycles. The molecule has 1 atom stereocenters. The zero-order valence-corrected chi connectivity index (χ0v) is 16.1. The quantitative estimate of drug-likeness (QED) is 0.464. The van der Waals surface area contributed by atoms with Crippen molar-refractivity contribution in [3.05, 3.63) is 29.6 Å². The molecular formula is C15H25IN4S. The average molecular weight is 420 g/mol. The summed E-state index contributed by atoms with van der Waals surface area (Å²) in [6.45, 7) is 7.17. The number of aliphatic imine (C=N–C) groups is 1. The minimum absolute atomic E-state index is 0. The summed E-state index contributed by atoms with van der Waals surface area (Å²) in [5.41, 5.74) is 2.12. The summed E-state index contributed by atoms with van der Waals surface area (Å²) in [7, 11) is 1.86. The summed E-state index contributed by atoms with van der Waals surface area (Å²) < 4.78 is 0. The van der Waals surface area contributed by atoms with Crippen molar-refractivity contribution in [1.82, 2.24) is 15.2 Å². The molecule has 1 fully saturated rings. The Kier molecular flexibility index (Phi) is 8.39. The first kappa shape index (κ1) is 18.5. The van der Waals surface area contributed by atoms with Gasteiger partial charge in [0.2, 0.25) is 0 Å². The Morgan fingerprint density at radius 2 is 2.33 bits per heavy atom. The van der Waals surface area contributed by atoms with E-state index in [1.165, 1.54) is 12.2 Å². The van der Waals surface area contributed by atoms with Gasteiger partial charge in [0.25, 0.3) is 0 Å². The Bertz CT molecular complexity index is 467. The molecule has 1 aliphatic rings. The maximum atomic E-state index is 4.52. The topological polar surface area (TPSA) is 40.5 Å². The second kappa shape index (κ2) is 9.50. The van der Waals surface area contributed by atoms with Gasteiger partial charge in [-0.15, -0.1) is 24.0 Å². The predicted octanol–water partition coefficient (Wildman–Crippen LogP) is 2.91.